The first-order valence-corrected chi connectivity index (χ1v) is 8.46. The second-order valence-electron chi connectivity index (χ2n) is 4.83. The zero-order valence-corrected chi connectivity index (χ0v) is 13.7. The van der Waals surface area contributed by atoms with Crippen LogP contribution in [0.2, 0.25) is 0 Å². The Bertz CT molecular complexity index is 821. The Kier molecular flexibility index (Phi) is 5.00. The largest absolute Gasteiger partial charge is 0.469 e. The lowest BCUT2D eigenvalue weighted by molar-refractivity contribution is -0.139. The van der Waals surface area contributed by atoms with Crippen molar-refractivity contribution < 1.29 is 22.7 Å². The quantitative estimate of drug-likeness (QED) is 0.596. The highest BCUT2D eigenvalue weighted by molar-refractivity contribution is 7.90. The number of carbonyl (C=O) groups is 2. The fourth-order valence-corrected chi connectivity index (χ4v) is 3.61. The highest BCUT2D eigenvalue weighted by Gasteiger charge is 2.26. The van der Waals surface area contributed by atoms with Crippen molar-refractivity contribution in [1.82, 2.24) is 3.97 Å². The van der Waals surface area contributed by atoms with E-state index in [-0.39, 0.29) is 29.2 Å². The monoisotopic (exact) mass is 335 g/mol. The van der Waals surface area contributed by atoms with E-state index in [1.54, 1.807) is 25.1 Å². The van der Waals surface area contributed by atoms with Crippen molar-refractivity contribution in [3.05, 3.63) is 53.9 Å². The number of methoxy groups -OCH3 is 1. The van der Waals surface area contributed by atoms with E-state index in [1.165, 1.54) is 31.5 Å². The van der Waals surface area contributed by atoms with Crippen LogP contribution in [0.5, 0.6) is 0 Å². The first-order valence-electron chi connectivity index (χ1n) is 7.02. The summed E-state index contributed by atoms with van der Waals surface area (Å²) in [6.45, 7) is 1.64. The third kappa shape index (κ3) is 3.34. The van der Waals surface area contributed by atoms with Gasteiger partial charge < -0.3 is 4.74 Å². The third-order valence-electron chi connectivity index (χ3n) is 3.38. The first kappa shape index (κ1) is 17.0. The van der Waals surface area contributed by atoms with Gasteiger partial charge in [-0.3, -0.25) is 9.59 Å². The third-order valence-corrected chi connectivity index (χ3v) is 5.07. The second-order valence-corrected chi connectivity index (χ2v) is 6.65. The van der Waals surface area contributed by atoms with Crippen LogP contribution in [0, 0.1) is 0 Å². The van der Waals surface area contributed by atoms with Crippen molar-refractivity contribution in [3.63, 3.8) is 0 Å². The summed E-state index contributed by atoms with van der Waals surface area (Å²) in [6.07, 6.45) is 1.26. The SMILES string of the molecule is CCC(=O)c1c(CC(=O)OC)ccn1S(=O)(=O)c1ccccc1. The minimum absolute atomic E-state index is 0.00162. The molecule has 0 unspecified atom stereocenters. The number of rotatable bonds is 6. The van der Waals surface area contributed by atoms with Gasteiger partial charge in [0.05, 0.1) is 18.4 Å². The van der Waals surface area contributed by atoms with Crippen LogP contribution >= 0.6 is 0 Å². The van der Waals surface area contributed by atoms with Crippen LogP contribution in [0.3, 0.4) is 0 Å². The number of esters is 1. The standard InChI is InChI=1S/C16H17NO5S/c1-3-14(18)16-12(11-15(19)22-2)9-10-17(16)23(20,21)13-7-5-4-6-8-13/h4-10H,3,11H2,1-2H3. The Hall–Kier alpha value is -2.41. The minimum atomic E-state index is -3.90. The predicted molar refractivity (Wildman–Crippen MR) is 83.8 cm³/mol. The van der Waals surface area contributed by atoms with Gasteiger partial charge in [0.15, 0.2) is 5.78 Å². The molecule has 0 saturated heterocycles. The number of benzene rings is 1. The summed E-state index contributed by atoms with van der Waals surface area (Å²) in [7, 11) is -2.67. The van der Waals surface area contributed by atoms with E-state index in [0.29, 0.717) is 5.56 Å². The summed E-state index contributed by atoms with van der Waals surface area (Å²) in [5.74, 6) is -0.890. The molecule has 1 heterocycles. The van der Waals surface area contributed by atoms with E-state index in [9.17, 15) is 18.0 Å². The lowest BCUT2D eigenvalue weighted by Gasteiger charge is -2.11. The van der Waals surface area contributed by atoms with Crippen LogP contribution in [0.1, 0.15) is 29.4 Å². The van der Waals surface area contributed by atoms with Crippen LogP contribution < -0.4 is 0 Å². The highest BCUT2D eigenvalue weighted by atomic mass is 32.2. The first-order chi connectivity index (χ1) is 10.9. The van der Waals surface area contributed by atoms with Crippen molar-refractivity contribution >= 4 is 21.8 Å². The summed E-state index contributed by atoms with van der Waals surface area (Å²) in [5, 5.41) is 0. The Labute approximate surface area is 134 Å². The molecular weight excluding hydrogens is 318 g/mol. The van der Waals surface area contributed by atoms with Gasteiger partial charge in [-0.15, -0.1) is 0 Å². The lowest BCUT2D eigenvalue weighted by Crippen LogP contribution is -2.19. The zero-order chi connectivity index (χ0) is 17.0. The second kappa shape index (κ2) is 6.78. The van der Waals surface area contributed by atoms with Gasteiger partial charge in [-0.05, 0) is 23.8 Å². The van der Waals surface area contributed by atoms with Gasteiger partial charge in [-0.25, -0.2) is 12.4 Å². The van der Waals surface area contributed by atoms with Crippen molar-refractivity contribution in [3.8, 4) is 0 Å². The van der Waals surface area contributed by atoms with E-state index >= 15 is 0 Å². The molecule has 0 aliphatic heterocycles. The molecule has 0 radical (unpaired) electrons. The molecule has 1 aromatic heterocycles. The molecule has 2 aromatic rings. The molecule has 6 nitrogen and oxygen atoms in total. The van der Waals surface area contributed by atoms with Gasteiger partial charge in [-0.2, -0.15) is 0 Å². The van der Waals surface area contributed by atoms with Gasteiger partial charge in [0.1, 0.15) is 5.69 Å². The molecule has 0 spiro atoms. The summed E-state index contributed by atoms with van der Waals surface area (Å²) in [6, 6.07) is 9.28. The number of nitrogens with zero attached hydrogens (tertiary/aromatic N) is 1. The number of Topliss-reactive ketones (excluding diaryl/α,β-unsaturated/α-hetero) is 1. The lowest BCUT2D eigenvalue weighted by atomic mass is 10.1. The zero-order valence-electron chi connectivity index (χ0n) is 12.9. The maximum atomic E-state index is 12.7. The fraction of sp³-hybridized carbons (Fsp3) is 0.250. The highest BCUT2D eigenvalue weighted by Crippen LogP contribution is 2.21. The topological polar surface area (TPSA) is 82.4 Å². The molecular formula is C16H17NO5S. The normalized spacial score (nSPS) is 11.2. The van der Waals surface area contributed by atoms with Gasteiger partial charge in [0.25, 0.3) is 10.0 Å². The number of ether oxygens (including phenoxy) is 1. The van der Waals surface area contributed by atoms with E-state index in [0.717, 1.165) is 3.97 Å². The Balaban J connectivity index is 2.59. The van der Waals surface area contributed by atoms with E-state index in [1.807, 2.05) is 0 Å². The summed E-state index contributed by atoms with van der Waals surface area (Å²) < 4.78 is 31.0. The van der Waals surface area contributed by atoms with Gasteiger partial charge in [-0.1, -0.05) is 25.1 Å². The smallest absolute Gasteiger partial charge is 0.310 e. The molecule has 0 aliphatic rings. The average Bonchev–Trinajstić information content (AvgIpc) is 2.99. The summed E-state index contributed by atoms with van der Waals surface area (Å²) in [4.78, 5) is 23.8. The molecule has 23 heavy (non-hydrogen) atoms. The van der Waals surface area contributed by atoms with Crippen LogP contribution in [0.15, 0.2) is 47.5 Å². The molecule has 0 bridgehead atoms. The van der Waals surface area contributed by atoms with Crippen LogP contribution in [0.4, 0.5) is 0 Å². The van der Waals surface area contributed by atoms with Crippen molar-refractivity contribution in [2.24, 2.45) is 0 Å². The fourth-order valence-electron chi connectivity index (χ4n) is 2.20. The van der Waals surface area contributed by atoms with Crippen molar-refractivity contribution in [2.45, 2.75) is 24.7 Å². The van der Waals surface area contributed by atoms with Crippen LogP contribution in [-0.4, -0.2) is 31.3 Å². The number of hydrogen-bond donors (Lipinski definition) is 0. The maximum Gasteiger partial charge on any atom is 0.310 e. The number of carbonyl (C=O) groups excluding carboxylic acids is 2. The molecule has 2 rings (SSSR count). The van der Waals surface area contributed by atoms with Crippen LogP contribution in [-0.2, 0) is 26.0 Å². The average molecular weight is 335 g/mol. The Morgan fingerprint density at radius 1 is 1.13 bits per heavy atom. The van der Waals surface area contributed by atoms with Gasteiger partial charge in [0.2, 0.25) is 0 Å². The molecule has 1 aromatic carbocycles. The summed E-state index contributed by atoms with van der Waals surface area (Å²) in [5.41, 5.74) is 0.338. The molecule has 122 valence electrons. The molecule has 0 aliphatic carbocycles. The predicted octanol–water partition coefficient (Wildman–Crippen LogP) is 2.03. The molecule has 0 fully saturated rings. The van der Waals surface area contributed by atoms with Crippen molar-refractivity contribution in [1.29, 1.82) is 0 Å². The molecule has 0 N–H and O–H groups in total. The van der Waals surface area contributed by atoms with Gasteiger partial charge in [0, 0.05) is 12.6 Å². The number of hydrogen-bond acceptors (Lipinski definition) is 5. The van der Waals surface area contributed by atoms with Gasteiger partial charge >= 0.3 is 5.97 Å². The van der Waals surface area contributed by atoms with E-state index in [2.05, 4.69) is 4.74 Å². The van der Waals surface area contributed by atoms with E-state index < -0.39 is 16.0 Å². The molecule has 0 atom stereocenters. The summed E-state index contributed by atoms with van der Waals surface area (Å²) >= 11 is 0. The maximum absolute atomic E-state index is 12.7. The van der Waals surface area contributed by atoms with E-state index in [4.69, 9.17) is 0 Å². The Morgan fingerprint density at radius 2 is 1.78 bits per heavy atom. The Morgan fingerprint density at radius 3 is 2.35 bits per heavy atom. The molecule has 0 saturated carbocycles. The molecule has 0 amide bonds. The van der Waals surface area contributed by atoms with Crippen LogP contribution in [0.25, 0.3) is 0 Å². The minimum Gasteiger partial charge on any atom is -0.469 e. The van der Waals surface area contributed by atoms with Crippen molar-refractivity contribution in [2.75, 3.05) is 7.11 Å². The number of ketones is 1. The number of aromatic nitrogens is 1. The molecule has 7 heteroatoms.